The van der Waals surface area contributed by atoms with Gasteiger partial charge in [0.05, 0.1) is 16.6 Å². The summed E-state index contributed by atoms with van der Waals surface area (Å²) in [6.45, 7) is 15.2. The number of rotatable bonds is 2. The Hall–Kier alpha value is -1.04. The van der Waals surface area contributed by atoms with E-state index in [4.69, 9.17) is 13.7 Å². The highest BCUT2D eigenvalue weighted by Crippen LogP contribution is 2.36. The number of benzene rings is 1. The Balaban J connectivity index is 1.97. The highest BCUT2D eigenvalue weighted by atomic mass is 28.3. The molecule has 1 saturated heterocycles. The van der Waals surface area contributed by atoms with Crippen LogP contribution in [-0.2, 0) is 9.31 Å². The molecule has 1 aromatic heterocycles. The highest BCUT2D eigenvalue weighted by Gasteiger charge is 2.51. The van der Waals surface area contributed by atoms with Crippen molar-refractivity contribution in [1.29, 1.82) is 0 Å². The van der Waals surface area contributed by atoms with Crippen LogP contribution < -0.4 is 10.8 Å². The van der Waals surface area contributed by atoms with Gasteiger partial charge in [0.2, 0.25) is 0 Å². The largest absolute Gasteiger partial charge is 0.494 e. The molecule has 0 bridgehead atoms. The monoisotopic (exact) mass is 316 g/mol. The molecule has 0 spiro atoms. The van der Waals surface area contributed by atoms with Crippen molar-refractivity contribution in [3.8, 4) is 0 Å². The summed E-state index contributed by atoms with van der Waals surface area (Å²) in [6.07, 6.45) is 0. The standard InChI is InChI=1S/C17H25BO3Si/c1-16(2)17(3,4)21-18(20-16)13-9-8-12-10-15(22(5,6)7)19-14(12)11-13/h8-11H,1-7H3. The third kappa shape index (κ3) is 2.55. The second-order valence-corrected chi connectivity index (χ2v) is 13.2. The summed E-state index contributed by atoms with van der Waals surface area (Å²) in [5.41, 5.74) is 1.30. The van der Waals surface area contributed by atoms with Gasteiger partial charge in [0.1, 0.15) is 13.7 Å². The fourth-order valence-corrected chi connectivity index (χ4v) is 3.55. The van der Waals surface area contributed by atoms with Gasteiger partial charge >= 0.3 is 7.12 Å². The quantitative estimate of drug-likeness (QED) is 0.797. The molecule has 0 amide bonds. The SMILES string of the molecule is CC1(C)OB(c2ccc3cc([Si](C)(C)C)oc3c2)OC1(C)C. The average Bonchev–Trinajstić information content (AvgIpc) is 2.87. The third-order valence-electron chi connectivity index (χ3n) is 4.81. The lowest BCUT2D eigenvalue weighted by Gasteiger charge is -2.32. The zero-order valence-corrected chi connectivity index (χ0v) is 15.6. The molecule has 2 heterocycles. The Bertz CT molecular complexity index is 696. The van der Waals surface area contributed by atoms with Gasteiger partial charge in [0.25, 0.3) is 0 Å². The van der Waals surface area contributed by atoms with Gasteiger partial charge in [-0.3, -0.25) is 0 Å². The lowest BCUT2D eigenvalue weighted by Crippen LogP contribution is -2.41. The van der Waals surface area contributed by atoms with Crippen molar-refractivity contribution < 1.29 is 13.7 Å². The van der Waals surface area contributed by atoms with Gasteiger partial charge in [-0.25, -0.2) is 0 Å². The van der Waals surface area contributed by atoms with E-state index in [0.717, 1.165) is 21.8 Å². The van der Waals surface area contributed by atoms with Crippen molar-refractivity contribution >= 4 is 37.0 Å². The normalized spacial score (nSPS) is 20.8. The molecule has 0 aliphatic carbocycles. The summed E-state index contributed by atoms with van der Waals surface area (Å²) in [4.78, 5) is 0. The molecule has 0 atom stereocenters. The maximum absolute atomic E-state index is 6.12. The maximum atomic E-state index is 6.12. The first-order valence-corrected chi connectivity index (χ1v) is 11.4. The molecule has 3 rings (SSSR count). The Morgan fingerprint density at radius 2 is 1.50 bits per heavy atom. The molecule has 22 heavy (non-hydrogen) atoms. The topological polar surface area (TPSA) is 31.6 Å². The minimum absolute atomic E-state index is 0.320. The Morgan fingerprint density at radius 3 is 2.05 bits per heavy atom. The van der Waals surface area contributed by atoms with E-state index in [2.05, 4.69) is 71.6 Å². The van der Waals surface area contributed by atoms with E-state index in [9.17, 15) is 0 Å². The summed E-state index contributed by atoms with van der Waals surface area (Å²) in [5, 5.41) is 2.28. The van der Waals surface area contributed by atoms with Crippen LogP contribution in [0.2, 0.25) is 19.6 Å². The molecule has 1 aliphatic heterocycles. The van der Waals surface area contributed by atoms with E-state index in [1.54, 1.807) is 0 Å². The minimum Gasteiger partial charge on any atom is -0.466 e. The van der Waals surface area contributed by atoms with Crippen LogP contribution in [0.4, 0.5) is 0 Å². The second kappa shape index (κ2) is 4.73. The van der Waals surface area contributed by atoms with Gasteiger partial charge in [-0.15, -0.1) is 0 Å². The molecule has 0 N–H and O–H groups in total. The first-order valence-electron chi connectivity index (χ1n) is 7.89. The molecular formula is C17H25BO3Si. The molecule has 1 aromatic carbocycles. The summed E-state index contributed by atoms with van der Waals surface area (Å²) in [5.74, 6) is 0. The van der Waals surface area contributed by atoms with Crippen molar-refractivity contribution in [1.82, 2.24) is 0 Å². The molecule has 5 heteroatoms. The van der Waals surface area contributed by atoms with Gasteiger partial charge in [-0.05, 0) is 45.3 Å². The molecule has 118 valence electrons. The molecule has 0 unspecified atom stereocenters. The van der Waals surface area contributed by atoms with Crippen LogP contribution >= 0.6 is 0 Å². The van der Waals surface area contributed by atoms with Gasteiger partial charge in [0.15, 0.2) is 0 Å². The van der Waals surface area contributed by atoms with Gasteiger partial charge < -0.3 is 13.7 Å². The Labute approximate surface area is 134 Å². The van der Waals surface area contributed by atoms with Crippen LogP contribution in [0, 0.1) is 0 Å². The zero-order chi connectivity index (χ0) is 16.3. The summed E-state index contributed by atoms with van der Waals surface area (Å²) in [7, 11) is -1.78. The first-order chi connectivity index (χ1) is 9.99. The van der Waals surface area contributed by atoms with Crippen molar-refractivity contribution in [2.45, 2.75) is 58.5 Å². The van der Waals surface area contributed by atoms with Crippen LogP contribution in [0.3, 0.4) is 0 Å². The minimum atomic E-state index is -1.44. The fraction of sp³-hybridized carbons (Fsp3) is 0.529. The van der Waals surface area contributed by atoms with Gasteiger partial charge in [-0.1, -0.05) is 31.8 Å². The molecule has 1 fully saturated rings. The van der Waals surface area contributed by atoms with E-state index >= 15 is 0 Å². The van der Waals surface area contributed by atoms with E-state index in [1.807, 2.05) is 0 Å². The number of hydrogen-bond donors (Lipinski definition) is 0. The number of furan rings is 1. The van der Waals surface area contributed by atoms with Crippen LogP contribution in [0.1, 0.15) is 27.7 Å². The molecular weight excluding hydrogens is 291 g/mol. The predicted octanol–water partition coefficient (Wildman–Crippen LogP) is 3.28. The molecule has 0 saturated carbocycles. The Morgan fingerprint density at radius 1 is 0.909 bits per heavy atom. The molecule has 0 radical (unpaired) electrons. The summed E-state index contributed by atoms with van der Waals surface area (Å²) >= 11 is 0. The van der Waals surface area contributed by atoms with Gasteiger partial charge in [-0.2, -0.15) is 0 Å². The van der Waals surface area contributed by atoms with Crippen molar-refractivity contribution in [2.75, 3.05) is 0 Å². The third-order valence-corrected chi connectivity index (χ3v) is 6.53. The predicted molar refractivity (Wildman–Crippen MR) is 94.9 cm³/mol. The summed E-state index contributed by atoms with van der Waals surface area (Å²) in [6, 6.07) is 8.41. The Kier molecular flexibility index (Phi) is 3.40. The molecule has 2 aromatic rings. The first kappa shape index (κ1) is 15.8. The number of fused-ring (bicyclic) bond motifs is 1. The molecule has 1 aliphatic rings. The second-order valence-electron chi connectivity index (χ2n) is 8.25. The lowest BCUT2D eigenvalue weighted by atomic mass is 9.79. The van der Waals surface area contributed by atoms with E-state index < -0.39 is 8.07 Å². The van der Waals surface area contributed by atoms with Crippen molar-refractivity contribution in [3.05, 3.63) is 24.3 Å². The smallest absolute Gasteiger partial charge is 0.466 e. The van der Waals surface area contributed by atoms with Gasteiger partial charge in [0, 0.05) is 5.39 Å². The van der Waals surface area contributed by atoms with E-state index in [0.29, 0.717) is 0 Å². The lowest BCUT2D eigenvalue weighted by molar-refractivity contribution is 0.00578. The van der Waals surface area contributed by atoms with Crippen molar-refractivity contribution in [3.63, 3.8) is 0 Å². The van der Waals surface area contributed by atoms with Crippen LogP contribution in [-0.4, -0.2) is 26.4 Å². The van der Waals surface area contributed by atoms with Crippen LogP contribution in [0.25, 0.3) is 11.0 Å². The van der Waals surface area contributed by atoms with E-state index in [1.165, 1.54) is 0 Å². The van der Waals surface area contributed by atoms with Crippen LogP contribution in [0.5, 0.6) is 0 Å². The van der Waals surface area contributed by atoms with Crippen molar-refractivity contribution in [2.24, 2.45) is 0 Å². The fourth-order valence-electron chi connectivity index (χ4n) is 2.54. The van der Waals surface area contributed by atoms with Crippen LogP contribution in [0.15, 0.2) is 28.7 Å². The maximum Gasteiger partial charge on any atom is 0.494 e. The highest BCUT2D eigenvalue weighted by molar-refractivity contribution is 6.87. The number of hydrogen-bond acceptors (Lipinski definition) is 3. The van der Waals surface area contributed by atoms with E-state index in [-0.39, 0.29) is 18.3 Å². The zero-order valence-electron chi connectivity index (χ0n) is 14.6. The molecule has 3 nitrogen and oxygen atoms in total. The average molecular weight is 316 g/mol. The summed E-state index contributed by atoms with van der Waals surface area (Å²) < 4.78 is 18.3.